The molecule has 0 aliphatic carbocycles. The number of likely N-dealkylation sites (tertiary alicyclic amines) is 1. The average molecular weight is 451 g/mol. The van der Waals surface area contributed by atoms with E-state index < -0.39 is 5.82 Å². The minimum Gasteiger partial charge on any atom is -0.488 e. The lowest BCUT2D eigenvalue weighted by Crippen LogP contribution is -2.46. The third kappa shape index (κ3) is 5.05. The quantitative estimate of drug-likeness (QED) is 0.611. The lowest BCUT2D eigenvalue weighted by molar-refractivity contribution is 0.0693. The number of nitrogens with zero attached hydrogens (tertiary/aromatic N) is 2. The summed E-state index contributed by atoms with van der Waals surface area (Å²) in [4.78, 5) is 27.2. The highest BCUT2D eigenvalue weighted by Crippen LogP contribution is 2.23. The van der Waals surface area contributed by atoms with Gasteiger partial charge in [0, 0.05) is 19.1 Å². The molecule has 1 fully saturated rings. The fourth-order valence-corrected chi connectivity index (χ4v) is 3.93. The number of carbonyl (C=O) groups excluding carboxylic acids is 2. The van der Waals surface area contributed by atoms with Gasteiger partial charge in [-0.05, 0) is 51.0 Å². The summed E-state index contributed by atoms with van der Waals surface area (Å²) in [5.74, 6) is 0.0820. The molecular formula is C25H26FN3O4. The standard InChI is InChI=1S/C25H26FN3O4/c1-16-21(17(2)33-28-16)15-32-23-10-6-4-8-20(23)24(30)27-18-11-13-29(14-12-18)25(31)19-7-3-5-9-22(19)26/h3-10,18H,11-15H2,1-2H3,(H,27,30). The molecule has 0 spiro atoms. The van der Waals surface area contributed by atoms with Gasteiger partial charge in [0.15, 0.2) is 0 Å². The number of piperidine rings is 1. The van der Waals surface area contributed by atoms with Crippen LogP contribution in [0.2, 0.25) is 0 Å². The molecule has 1 saturated heterocycles. The van der Waals surface area contributed by atoms with Crippen molar-refractivity contribution in [1.82, 2.24) is 15.4 Å². The van der Waals surface area contributed by atoms with Gasteiger partial charge in [0.1, 0.15) is 23.9 Å². The first-order chi connectivity index (χ1) is 15.9. The topological polar surface area (TPSA) is 84.7 Å². The zero-order valence-corrected chi connectivity index (χ0v) is 18.6. The fourth-order valence-electron chi connectivity index (χ4n) is 3.93. The van der Waals surface area contributed by atoms with Crippen LogP contribution >= 0.6 is 0 Å². The van der Waals surface area contributed by atoms with Gasteiger partial charge < -0.3 is 19.5 Å². The molecule has 1 N–H and O–H groups in total. The second-order valence-electron chi connectivity index (χ2n) is 8.11. The van der Waals surface area contributed by atoms with Crippen LogP contribution in [-0.2, 0) is 6.61 Å². The third-order valence-corrected chi connectivity index (χ3v) is 5.91. The number of hydrogen-bond donors (Lipinski definition) is 1. The second-order valence-corrected chi connectivity index (χ2v) is 8.11. The highest BCUT2D eigenvalue weighted by atomic mass is 19.1. The Balaban J connectivity index is 1.35. The van der Waals surface area contributed by atoms with Gasteiger partial charge in [-0.1, -0.05) is 29.4 Å². The van der Waals surface area contributed by atoms with Gasteiger partial charge in [-0.25, -0.2) is 4.39 Å². The van der Waals surface area contributed by atoms with E-state index in [0.29, 0.717) is 43.0 Å². The van der Waals surface area contributed by atoms with Crippen LogP contribution in [0.1, 0.15) is 50.6 Å². The zero-order valence-electron chi connectivity index (χ0n) is 18.6. The van der Waals surface area contributed by atoms with Crippen molar-refractivity contribution in [3.63, 3.8) is 0 Å². The maximum atomic E-state index is 13.9. The van der Waals surface area contributed by atoms with Crippen molar-refractivity contribution in [3.05, 3.63) is 82.5 Å². The van der Waals surface area contributed by atoms with Crippen LogP contribution in [0.15, 0.2) is 53.1 Å². The van der Waals surface area contributed by atoms with Crippen molar-refractivity contribution >= 4 is 11.8 Å². The molecule has 0 atom stereocenters. The van der Waals surface area contributed by atoms with Gasteiger partial charge in [0.25, 0.3) is 11.8 Å². The Morgan fingerprint density at radius 2 is 1.76 bits per heavy atom. The summed E-state index contributed by atoms with van der Waals surface area (Å²) in [7, 11) is 0. The van der Waals surface area contributed by atoms with Crippen LogP contribution in [-0.4, -0.2) is 41.0 Å². The first kappa shape index (κ1) is 22.5. The average Bonchev–Trinajstić information content (AvgIpc) is 3.15. The zero-order chi connectivity index (χ0) is 23.4. The SMILES string of the molecule is Cc1noc(C)c1COc1ccccc1C(=O)NC1CCN(C(=O)c2ccccc2F)CC1. The minimum atomic E-state index is -0.522. The van der Waals surface area contributed by atoms with Crippen molar-refractivity contribution in [3.8, 4) is 5.75 Å². The van der Waals surface area contributed by atoms with Crippen molar-refractivity contribution in [2.75, 3.05) is 13.1 Å². The van der Waals surface area contributed by atoms with Crippen LogP contribution < -0.4 is 10.1 Å². The van der Waals surface area contributed by atoms with E-state index in [1.165, 1.54) is 12.1 Å². The Hall–Kier alpha value is -3.68. The Morgan fingerprint density at radius 1 is 1.09 bits per heavy atom. The molecule has 0 saturated carbocycles. The Bertz CT molecular complexity index is 1130. The normalized spacial score (nSPS) is 14.2. The summed E-state index contributed by atoms with van der Waals surface area (Å²) in [5.41, 5.74) is 2.13. The number of para-hydroxylation sites is 1. The van der Waals surface area contributed by atoms with E-state index in [-0.39, 0.29) is 30.0 Å². The van der Waals surface area contributed by atoms with E-state index >= 15 is 0 Å². The number of amides is 2. The lowest BCUT2D eigenvalue weighted by Gasteiger charge is -2.32. The van der Waals surface area contributed by atoms with Gasteiger partial charge in [0.2, 0.25) is 0 Å². The number of aryl methyl sites for hydroxylation is 2. The molecule has 0 bridgehead atoms. The molecule has 2 amide bonds. The predicted molar refractivity (Wildman–Crippen MR) is 120 cm³/mol. The summed E-state index contributed by atoms with van der Waals surface area (Å²) in [5, 5.41) is 6.96. The number of halogens is 1. The van der Waals surface area contributed by atoms with Crippen molar-refractivity contribution in [2.45, 2.75) is 39.3 Å². The van der Waals surface area contributed by atoms with Gasteiger partial charge >= 0.3 is 0 Å². The Kier molecular flexibility index (Phi) is 6.72. The van der Waals surface area contributed by atoms with E-state index in [2.05, 4.69) is 10.5 Å². The molecular weight excluding hydrogens is 425 g/mol. The molecule has 1 aliphatic rings. The maximum Gasteiger partial charge on any atom is 0.256 e. The summed E-state index contributed by atoms with van der Waals surface area (Å²) in [6.07, 6.45) is 1.18. The summed E-state index contributed by atoms with van der Waals surface area (Å²) >= 11 is 0. The molecule has 33 heavy (non-hydrogen) atoms. The van der Waals surface area contributed by atoms with Crippen LogP contribution in [0.5, 0.6) is 5.75 Å². The van der Waals surface area contributed by atoms with Gasteiger partial charge in [-0.15, -0.1) is 0 Å². The molecule has 0 unspecified atom stereocenters. The molecule has 2 aromatic carbocycles. The van der Waals surface area contributed by atoms with Crippen molar-refractivity contribution in [1.29, 1.82) is 0 Å². The molecule has 3 aromatic rings. The number of ether oxygens (including phenoxy) is 1. The van der Waals surface area contributed by atoms with E-state index in [9.17, 15) is 14.0 Å². The molecule has 7 nitrogen and oxygen atoms in total. The number of benzene rings is 2. The Labute approximate surface area is 191 Å². The smallest absolute Gasteiger partial charge is 0.256 e. The fraction of sp³-hybridized carbons (Fsp3) is 0.320. The lowest BCUT2D eigenvalue weighted by atomic mass is 10.0. The highest BCUT2D eigenvalue weighted by molar-refractivity contribution is 5.97. The summed E-state index contributed by atoms with van der Waals surface area (Å²) < 4.78 is 25.0. The first-order valence-electron chi connectivity index (χ1n) is 10.9. The van der Waals surface area contributed by atoms with E-state index in [4.69, 9.17) is 9.26 Å². The molecule has 8 heteroatoms. The highest BCUT2D eigenvalue weighted by Gasteiger charge is 2.26. The second kappa shape index (κ2) is 9.85. The van der Waals surface area contributed by atoms with Crippen LogP contribution in [0.25, 0.3) is 0 Å². The third-order valence-electron chi connectivity index (χ3n) is 5.91. The maximum absolute atomic E-state index is 13.9. The molecule has 172 valence electrons. The molecule has 4 rings (SSSR count). The number of carbonyl (C=O) groups is 2. The monoisotopic (exact) mass is 451 g/mol. The largest absolute Gasteiger partial charge is 0.488 e. The number of rotatable bonds is 6. The van der Waals surface area contributed by atoms with Gasteiger partial charge in [-0.3, -0.25) is 9.59 Å². The molecule has 1 aliphatic heterocycles. The minimum absolute atomic E-state index is 0.0735. The number of hydrogen-bond acceptors (Lipinski definition) is 5. The number of aromatic nitrogens is 1. The molecule has 1 aromatic heterocycles. The van der Waals surface area contributed by atoms with E-state index in [0.717, 1.165) is 11.3 Å². The van der Waals surface area contributed by atoms with Crippen molar-refractivity contribution < 1.29 is 23.2 Å². The van der Waals surface area contributed by atoms with Crippen molar-refractivity contribution in [2.24, 2.45) is 0 Å². The van der Waals surface area contributed by atoms with Crippen LogP contribution in [0, 0.1) is 19.7 Å². The number of nitrogens with one attached hydrogen (secondary N) is 1. The van der Waals surface area contributed by atoms with E-state index in [1.807, 2.05) is 19.9 Å². The van der Waals surface area contributed by atoms with Gasteiger partial charge in [-0.2, -0.15) is 0 Å². The summed E-state index contributed by atoms with van der Waals surface area (Å²) in [6.45, 7) is 4.81. The predicted octanol–water partition coefficient (Wildman–Crippen LogP) is 4.04. The molecule has 0 radical (unpaired) electrons. The molecule has 2 heterocycles. The van der Waals surface area contributed by atoms with Gasteiger partial charge in [0.05, 0.1) is 22.4 Å². The Morgan fingerprint density at radius 3 is 2.42 bits per heavy atom. The summed E-state index contributed by atoms with van der Waals surface area (Å²) in [6, 6.07) is 13.0. The first-order valence-corrected chi connectivity index (χ1v) is 10.9. The van der Waals surface area contributed by atoms with Crippen LogP contribution in [0.4, 0.5) is 4.39 Å². The van der Waals surface area contributed by atoms with Crippen LogP contribution in [0.3, 0.4) is 0 Å². The van der Waals surface area contributed by atoms with E-state index in [1.54, 1.807) is 35.2 Å².